The Morgan fingerprint density at radius 3 is 3.12 bits per heavy atom. The van der Waals surface area contributed by atoms with E-state index in [0.717, 1.165) is 23.4 Å². The molecule has 0 saturated carbocycles. The van der Waals surface area contributed by atoms with Crippen molar-refractivity contribution >= 4 is 28.8 Å². The molecule has 7 heteroatoms. The summed E-state index contributed by atoms with van der Waals surface area (Å²) in [5.74, 6) is 5.99. The highest BCUT2D eigenvalue weighted by molar-refractivity contribution is 7.14. The number of hydrogen-bond acceptors (Lipinski definition) is 4. The minimum Gasteiger partial charge on any atom is -0.347 e. The van der Waals surface area contributed by atoms with E-state index in [4.69, 9.17) is 11.6 Å². The number of rotatable bonds is 1. The van der Waals surface area contributed by atoms with E-state index in [9.17, 15) is 4.79 Å². The average Bonchev–Trinajstić information content (AvgIpc) is 3.28. The van der Waals surface area contributed by atoms with Gasteiger partial charge in [-0.25, -0.2) is 9.97 Å². The molecule has 0 saturated heterocycles. The Balaban J connectivity index is 1.49. The van der Waals surface area contributed by atoms with Crippen molar-refractivity contribution in [1.82, 2.24) is 19.9 Å². The molecule has 25 heavy (non-hydrogen) atoms. The molecule has 0 atom stereocenters. The van der Waals surface area contributed by atoms with Crippen molar-refractivity contribution in [2.24, 2.45) is 0 Å². The number of nitrogens with zero attached hydrogens (tertiary/aromatic N) is 3. The molecule has 4 rings (SSSR count). The van der Waals surface area contributed by atoms with Gasteiger partial charge in [0.25, 0.3) is 5.91 Å². The van der Waals surface area contributed by atoms with Gasteiger partial charge in [-0.1, -0.05) is 23.6 Å². The van der Waals surface area contributed by atoms with Crippen LogP contribution in [0, 0.1) is 11.8 Å². The number of hydrogen-bond donors (Lipinski definition) is 1. The third-order valence-electron chi connectivity index (χ3n) is 3.92. The van der Waals surface area contributed by atoms with Crippen molar-refractivity contribution in [3.05, 3.63) is 68.6 Å². The number of fused-ring (bicyclic) bond motifs is 1. The summed E-state index contributed by atoms with van der Waals surface area (Å²) in [5, 5.41) is 1.26. The minimum absolute atomic E-state index is 0.0199. The number of benzene rings is 1. The zero-order valence-corrected chi connectivity index (χ0v) is 14.7. The molecule has 1 aliphatic heterocycles. The first-order valence-corrected chi connectivity index (χ1v) is 8.92. The number of thiazole rings is 1. The fourth-order valence-corrected chi connectivity index (χ4v) is 3.59. The van der Waals surface area contributed by atoms with Crippen LogP contribution in [0.5, 0.6) is 0 Å². The molecular formula is C18H13ClN4OS. The lowest BCUT2D eigenvalue weighted by Gasteiger charge is -2.25. The molecule has 0 bridgehead atoms. The third kappa shape index (κ3) is 3.43. The standard InChI is InChI=1S/C18H13ClN4OS/c19-13-3-1-2-12(8-13)4-5-17-20-9-16(25-17)18(24)23-7-6-14-15(10-23)22-11-21-14/h1-3,8-9,11H,6-7,10H2,(H,21,22). The number of H-pyrrole nitrogens is 1. The molecule has 5 nitrogen and oxygen atoms in total. The Morgan fingerprint density at radius 2 is 2.24 bits per heavy atom. The van der Waals surface area contributed by atoms with E-state index in [2.05, 4.69) is 26.8 Å². The maximum Gasteiger partial charge on any atom is 0.265 e. The second kappa shape index (κ2) is 6.71. The molecule has 3 heterocycles. The summed E-state index contributed by atoms with van der Waals surface area (Å²) < 4.78 is 0. The van der Waals surface area contributed by atoms with E-state index < -0.39 is 0 Å². The fraction of sp³-hybridized carbons (Fsp3) is 0.167. The van der Waals surface area contributed by atoms with Crippen LogP contribution in [0.15, 0.2) is 36.8 Å². The third-order valence-corrected chi connectivity index (χ3v) is 5.05. The molecule has 0 fully saturated rings. The van der Waals surface area contributed by atoms with Crippen LogP contribution in [0.4, 0.5) is 0 Å². The quantitative estimate of drug-likeness (QED) is 0.671. The first-order chi connectivity index (χ1) is 12.2. The number of aromatic nitrogens is 3. The van der Waals surface area contributed by atoms with Crippen LogP contribution in [0.2, 0.25) is 5.02 Å². The van der Waals surface area contributed by atoms with Crippen molar-refractivity contribution in [1.29, 1.82) is 0 Å². The Hall–Kier alpha value is -2.62. The summed E-state index contributed by atoms with van der Waals surface area (Å²) in [5.41, 5.74) is 2.87. The lowest BCUT2D eigenvalue weighted by atomic mass is 10.1. The first kappa shape index (κ1) is 15.9. The highest BCUT2D eigenvalue weighted by Gasteiger charge is 2.24. The normalized spacial score (nSPS) is 13.1. The Kier molecular flexibility index (Phi) is 4.26. The molecule has 2 aromatic heterocycles. The van der Waals surface area contributed by atoms with Crippen LogP contribution in [-0.2, 0) is 13.0 Å². The number of nitrogens with one attached hydrogen (secondary N) is 1. The predicted octanol–water partition coefficient (Wildman–Crippen LogP) is 3.12. The van der Waals surface area contributed by atoms with Crippen molar-refractivity contribution < 1.29 is 4.79 Å². The number of imidazole rings is 1. The molecule has 3 aromatic rings. The van der Waals surface area contributed by atoms with Gasteiger partial charge >= 0.3 is 0 Å². The fourth-order valence-electron chi connectivity index (χ4n) is 2.66. The van der Waals surface area contributed by atoms with E-state index >= 15 is 0 Å². The average molecular weight is 369 g/mol. The Labute approximate surface area is 153 Å². The Bertz CT molecular complexity index is 998. The summed E-state index contributed by atoms with van der Waals surface area (Å²) in [7, 11) is 0. The van der Waals surface area contributed by atoms with E-state index in [-0.39, 0.29) is 5.91 Å². The van der Waals surface area contributed by atoms with Crippen molar-refractivity contribution in [2.75, 3.05) is 6.54 Å². The van der Waals surface area contributed by atoms with Gasteiger partial charge in [-0.3, -0.25) is 4.79 Å². The van der Waals surface area contributed by atoms with Crippen LogP contribution in [0.3, 0.4) is 0 Å². The van der Waals surface area contributed by atoms with Gasteiger partial charge in [-0.2, -0.15) is 0 Å². The summed E-state index contributed by atoms with van der Waals surface area (Å²) in [6.07, 6.45) is 4.04. The van der Waals surface area contributed by atoms with Gasteiger partial charge in [-0.15, -0.1) is 11.3 Å². The molecule has 0 aliphatic carbocycles. The van der Waals surface area contributed by atoms with Crippen molar-refractivity contribution in [3.8, 4) is 11.8 Å². The molecule has 124 valence electrons. The van der Waals surface area contributed by atoms with Gasteiger partial charge in [0.1, 0.15) is 4.88 Å². The highest BCUT2D eigenvalue weighted by atomic mass is 35.5. The van der Waals surface area contributed by atoms with E-state index in [1.807, 2.05) is 17.0 Å². The van der Waals surface area contributed by atoms with E-state index in [1.165, 1.54) is 11.3 Å². The summed E-state index contributed by atoms with van der Waals surface area (Å²) >= 11 is 7.25. The maximum atomic E-state index is 12.7. The molecule has 0 spiro atoms. The minimum atomic E-state index is -0.0199. The summed E-state index contributed by atoms with van der Waals surface area (Å²) in [6, 6.07) is 7.33. The number of amides is 1. The van der Waals surface area contributed by atoms with Crippen LogP contribution in [0.25, 0.3) is 0 Å². The lowest BCUT2D eigenvalue weighted by Crippen LogP contribution is -2.35. The first-order valence-electron chi connectivity index (χ1n) is 7.73. The van der Waals surface area contributed by atoms with Crippen molar-refractivity contribution in [2.45, 2.75) is 13.0 Å². The molecular weight excluding hydrogens is 356 g/mol. The van der Waals surface area contributed by atoms with E-state index in [1.54, 1.807) is 24.7 Å². The molecule has 0 radical (unpaired) electrons. The zero-order valence-electron chi connectivity index (χ0n) is 13.1. The SMILES string of the molecule is O=C(c1cnc(C#Cc2cccc(Cl)c2)s1)N1CCc2nc[nH]c2C1. The van der Waals surface area contributed by atoms with Gasteiger partial charge < -0.3 is 9.88 Å². The second-order valence-corrected chi connectivity index (χ2v) is 7.06. The summed E-state index contributed by atoms with van der Waals surface area (Å²) in [6.45, 7) is 1.22. The van der Waals surface area contributed by atoms with Crippen LogP contribution >= 0.6 is 22.9 Å². The number of carbonyl (C=O) groups is 1. The largest absolute Gasteiger partial charge is 0.347 e. The molecule has 1 aromatic carbocycles. The number of aromatic amines is 1. The van der Waals surface area contributed by atoms with Gasteiger partial charge in [0.05, 0.1) is 30.5 Å². The number of carbonyl (C=O) groups excluding carboxylic acids is 1. The van der Waals surface area contributed by atoms with Gasteiger partial charge in [0.2, 0.25) is 0 Å². The summed E-state index contributed by atoms with van der Waals surface area (Å²) in [4.78, 5) is 26.7. The predicted molar refractivity (Wildman–Crippen MR) is 96.6 cm³/mol. The number of halogens is 1. The zero-order chi connectivity index (χ0) is 17.2. The van der Waals surface area contributed by atoms with Crippen LogP contribution in [0.1, 0.15) is 31.6 Å². The Morgan fingerprint density at radius 1 is 1.32 bits per heavy atom. The van der Waals surface area contributed by atoms with Gasteiger partial charge in [-0.05, 0) is 24.1 Å². The topological polar surface area (TPSA) is 61.9 Å². The van der Waals surface area contributed by atoms with Gasteiger partial charge in [0.15, 0.2) is 5.01 Å². The van der Waals surface area contributed by atoms with Crippen LogP contribution < -0.4 is 0 Å². The van der Waals surface area contributed by atoms with E-state index in [0.29, 0.717) is 28.0 Å². The molecule has 1 N–H and O–H groups in total. The van der Waals surface area contributed by atoms with Crippen LogP contribution in [-0.4, -0.2) is 32.3 Å². The maximum absolute atomic E-state index is 12.7. The molecule has 1 amide bonds. The molecule has 1 aliphatic rings. The molecule has 0 unspecified atom stereocenters. The lowest BCUT2D eigenvalue weighted by molar-refractivity contribution is 0.0736. The smallest absolute Gasteiger partial charge is 0.265 e. The highest BCUT2D eigenvalue weighted by Crippen LogP contribution is 2.20. The van der Waals surface area contributed by atoms with Gasteiger partial charge in [0, 0.05) is 23.6 Å². The monoisotopic (exact) mass is 368 g/mol. The second-order valence-electron chi connectivity index (χ2n) is 5.59. The van der Waals surface area contributed by atoms with Crippen molar-refractivity contribution in [3.63, 3.8) is 0 Å².